The lowest BCUT2D eigenvalue weighted by Gasteiger charge is -2.13. The largest absolute Gasteiger partial charge is 0.384 e. The van der Waals surface area contributed by atoms with Crippen LogP contribution in [0.1, 0.15) is 28.4 Å². The zero-order valence-electron chi connectivity index (χ0n) is 10.2. The lowest BCUT2D eigenvalue weighted by molar-refractivity contribution is 0.219. The molecule has 2 aromatic carbocycles. The number of aliphatic hydroxyl groups is 1. The Labute approximate surface area is 111 Å². The third-order valence-electron chi connectivity index (χ3n) is 2.76. The summed E-state index contributed by atoms with van der Waals surface area (Å²) in [5, 5.41) is 10.8. The average molecular weight is 265 g/mol. The Morgan fingerprint density at radius 2 is 1.50 bits per heavy atom. The zero-order chi connectivity index (χ0) is 13.3. The molecule has 0 saturated carbocycles. The number of hydrogen-bond acceptors (Lipinski definition) is 1. The maximum Gasteiger partial charge on any atom is 0.123 e. The van der Waals surface area contributed by atoms with Gasteiger partial charge < -0.3 is 5.11 Å². The summed E-state index contributed by atoms with van der Waals surface area (Å²) < 4.78 is 13.3. The van der Waals surface area contributed by atoms with E-state index in [1.54, 1.807) is 19.1 Å². The molecule has 94 valence electrons. The van der Waals surface area contributed by atoms with Crippen LogP contribution in [0, 0.1) is 19.7 Å². The van der Waals surface area contributed by atoms with Crippen LogP contribution in [0.3, 0.4) is 0 Å². The van der Waals surface area contributed by atoms with Gasteiger partial charge >= 0.3 is 0 Å². The van der Waals surface area contributed by atoms with Gasteiger partial charge in [-0.25, -0.2) is 4.39 Å². The van der Waals surface area contributed by atoms with E-state index in [4.69, 9.17) is 11.6 Å². The quantitative estimate of drug-likeness (QED) is 0.863. The Hall–Kier alpha value is -1.38. The molecule has 0 heterocycles. The molecule has 1 N–H and O–H groups in total. The molecule has 0 spiro atoms. The molecule has 1 unspecified atom stereocenters. The van der Waals surface area contributed by atoms with E-state index in [1.165, 1.54) is 12.1 Å². The lowest BCUT2D eigenvalue weighted by atomic mass is 9.98. The van der Waals surface area contributed by atoms with Crippen molar-refractivity contribution in [3.8, 4) is 0 Å². The number of aliphatic hydroxyl groups excluding tert-OH is 1. The lowest BCUT2D eigenvalue weighted by Crippen LogP contribution is -2.01. The van der Waals surface area contributed by atoms with Crippen LogP contribution >= 0.6 is 11.6 Å². The summed E-state index contributed by atoms with van der Waals surface area (Å²) in [5.41, 5.74) is 2.95. The molecule has 0 saturated heterocycles. The minimum Gasteiger partial charge on any atom is -0.384 e. The topological polar surface area (TPSA) is 20.2 Å². The van der Waals surface area contributed by atoms with Crippen LogP contribution in [0.15, 0.2) is 36.4 Å². The normalized spacial score (nSPS) is 12.5. The maximum absolute atomic E-state index is 13.3. The second-order valence-corrected chi connectivity index (χ2v) is 4.96. The molecule has 0 aliphatic rings. The summed E-state index contributed by atoms with van der Waals surface area (Å²) >= 11 is 5.96. The van der Waals surface area contributed by atoms with Crippen molar-refractivity contribution in [2.75, 3.05) is 0 Å². The highest BCUT2D eigenvalue weighted by Crippen LogP contribution is 2.26. The van der Waals surface area contributed by atoms with E-state index in [2.05, 4.69) is 0 Å². The van der Waals surface area contributed by atoms with Crippen molar-refractivity contribution in [1.82, 2.24) is 0 Å². The van der Waals surface area contributed by atoms with E-state index < -0.39 is 6.10 Å². The number of rotatable bonds is 2. The molecule has 2 aromatic rings. The van der Waals surface area contributed by atoms with Crippen LogP contribution < -0.4 is 0 Å². The van der Waals surface area contributed by atoms with Gasteiger partial charge in [-0.05, 0) is 60.4 Å². The van der Waals surface area contributed by atoms with Gasteiger partial charge in [0.1, 0.15) is 11.9 Å². The van der Waals surface area contributed by atoms with Gasteiger partial charge in [-0.1, -0.05) is 23.7 Å². The summed E-state index contributed by atoms with van der Waals surface area (Å²) in [4.78, 5) is 0. The molecule has 1 nitrogen and oxygen atoms in total. The van der Waals surface area contributed by atoms with Crippen LogP contribution in [-0.2, 0) is 0 Å². The van der Waals surface area contributed by atoms with E-state index in [1.807, 2.05) is 19.1 Å². The van der Waals surface area contributed by atoms with Gasteiger partial charge in [0.05, 0.1) is 0 Å². The predicted octanol–water partition coefficient (Wildman–Crippen LogP) is 4.18. The zero-order valence-corrected chi connectivity index (χ0v) is 11.0. The minimum absolute atomic E-state index is 0.345. The summed E-state index contributed by atoms with van der Waals surface area (Å²) in [7, 11) is 0. The SMILES string of the molecule is Cc1cc(F)cc(C(O)c2cc(C)cc(Cl)c2)c1. The Morgan fingerprint density at radius 3 is 2.06 bits per heavy atom. The van der Waals surface area contributed by atoms with Crippen LogP contribution in [0.2, 0.25) is 5.02 Å². The van der Waals surface area contributed by atoms with E-state index in [0.717, 1.165) is 11.1 Å². The molecule has 1 atom stereocenters. The molecule has 0 aliphatic heterocycles. The second-order valence-electron chi connectivity index (χ2n) is 4.53. The molecule has 0 aromatic heterocycles. The van der Waals surface area contributed by atoms with Crippen LogP contribution in [0.5, 0.6) is 0 Å². The fourth-order valence-electron chi connectivity index (χ4n) is 2.04. The molecule has 2 rings (SSSR count). The van der Waals surface area contributed by atoms with Gasteiger partial charge in [0.2, 0.25) is 0 Å². The molecule has 0 bridgehead atoms. The fraction of sp³-hybridized carbons (Fsp3) is 0.200. The Kier molecular flexibility index (Phi) is 3.69. The van der Waals surface area contributed by atoms with Gasteiger partial charge in [-0.2, -0.15) is 0 Å². The second kappa shape index (κ2) is 5.09. The first-order chi connectivity index (χ1) is 8.45. The van der Waals surface area contributed by atoms with Gasteiger partial charge in [-0.15, -0.1) is 0 Å². The summed E-state index contributed by atoms with van der Waals surface area (Å²) in [5.74, 6) is -0.345. The van der Waals surface area contributed by atoms with Crippen molar-refractivity contribution < 1.29 is 9.50 Å². The minimum atomic E-state index is -0.864. The summed E-state index contributed by atoms with van der Waals surface area (Å²) in [6, 6.07) is 9.89. The first-order valence-corrected chi connectivity index (χ1v) is 6.06. The number of halogens is 2. The van der Waals surface area contributed by atoms with Gasteiger partial charge in [-0.3, -0.25) is 0 Å². The van der Waals surface area contributed by atoms with Crippen LogP contribution in [0.4, 0.5) is 4.39 Å². The Morgan fingerprint density at radius 1 is 0.944 bits per heavy atom. The maximum atomic E-state index is 13.3. The van der Waals surface area contributed by atoms with Crippen LogP contribution in [0.25, 0.3) is 0 Å². The summed E-state index contributed by atoms with van der Waals surface area (Å²) in [6.07, 6.45) is -0.864. The molecule has 18 heavy (non-hydrogen) atoms. The predicted molar refractivity (Wildman–Crippen MR) is 71.4 cm³/mol. The average Bonchev–Trinajstić information content (AvgIpc) is 2.25. The molecule has 0 aliphatic carbocycles. The number of aryl methyl sites for hydroxylation is 2. The van der Waals surface area contributed by atoms with Crippen molar-refractivity contribution in [3.63, 3.8) is 0 Å². The molecule has 0 radical (unpaired) electrons. The van der Waals surface area contributed by atoms with Gasteiger partial charge in [0, 0.05) is 5.02 Å². The highest BCUT2D eigenvalue weighted by molar-refractivity contribution is 6.30. The van der Waals surface area contributed by atoms with E-state index in [-0.39, 0.29) is 5.82 Å². The van der Waals surface area contributed by atoms with Gasteiger partial charge in [0.15, 0.2) is 0 Å². The summed E-state index contributed by atoms with van der Waals surface area (Å²) in [6.45, 7) is 3.70. The highest BCUT2D eigenvalue weighted by atomic mass is 35.5. The van der Waals surface area contributed by atoms with Gasteiger partial charge in [0.25, 0.3) is 0 Å². The fourth-order valence-corrected chi connectivity index (χ4v) is 2.34. The number of hydrogen-bond donors (Lipinski definition) is 1. The number of benzene rings is 2. The first-order valence-electron chi connectivity index (χ1n) is 5.68. The van der Waals surface area contributed by atoms with Crippen molar-refractivity contribution in [1.29, 1.82) is 0 Å². The molecule has 0 amide bonds. The third-order valence-corrected chi connectivity index (χ3v) is 2.98. The van der Waals surface area contributed by atoms with E-state index in [9.17, 15) is 9.50 Å². The van der Waals surface area contributed by atoms with Crippen molar-refractivity contribution in [2.45, 2.75) is 20.0 Å². The monoisotopic (exact) mass is 264 g/mol. The smallest absolute Gasteiger partial charge is 0.123 e. The van der Waals surface area contributed by atoms with Crippen molar-refractivity contribution in [3.05, 3.63) is 69.5 Å². The highest BCUT2D eigenvalue weighted by Gasteiger charge is 2.13. The third kappa shape index (κ3) is 2.89. The molecular formula is C15H14ClFO. The molecular weight excluding hydrogens is 251 g/mol. The standard InChI is InChI=1S/C15H14ClFO/c1-9-3-11(7-13(16)5-9)15(18)12-4-10(2)6-14(17)8-12/h3-8,15,18H,1-2H3. The van der Waals surface area contributed by atoms with Crippen LogP contribution in [-0.4, -0.2) is 5.11 Å². The Bertz CT molecular complexity index is 489. The van der Waals surface area contributed by atoms with E-state index >= 15 is 0 Å². The first kappa shape index (κ1) is 13.1. The Balaban J connectivity index is 2.43. The van der Waals surface area contributed by atoms with E-state index in [0.29, 0.717) is 16.1 Å². The molecule has 0 fully saturated rings. The molecule has 3 heteroatoms. The van der Waals surface area contributed by atoms with Crippen molar-refractivity contribution in [2.24, 2.45) is 0 Å². The van der Waals surface area contributed by atoms with Crippen molar-refractivity contribution >= 4 is 11.6 Å².